The van der Waals surface area contributed by atoms with Gasteiger partial charge in [-0.2, -0.15) is 0 Å². The number of anilines is 3. The summed E-state index contributed by atoms with van der Waals surface area (Å²) in [5.74, 6) is 0. The van der Waals surface area contributed by atoms with E-state index in [0.29, 0.717) is 0 Å². The highest BCUT2D eigenvalue weighted by Crippen LogP contribution is 2.48. The van der Waals surface area contributed by atoms with Gasteiger partial charge in [-0.25, -0.2) is 0 Å². The molecule has 5 aromatic carbocycles. The van der Waals surface area contributed by atoms with E-state index in [0.717, 1.165) is 39.0 Å². The Bertz CT molecular complexity index is 2350. The summed E-state index contributed by atoms with van der Waals surface area (Å²) in [5.41, 5.74) is 12.4. The lowest BCUT2D eigenvalue weighted by Gasteiger charge is -2.40. The topological polar surface area (TPSA) is 34.2 Å². The number of aromatic nitrogens is 2. The minimum absolute atomic E-state index is 0.00155. The molecule has 10 rings (SSSR count). The van der Waals surface area contributed by atoms with Crippen molar-refractivity contribution >= 4 is 78.6 Å². The lowest BCUT2D eigenvalue weighted by Crippen LogP contribution is -2.56. The maximum atomic E-state index is 6.57. The Morgan fingerprint density at radius 2 is 1.43 bits per heavy atom. The molecule has 0 fully saturated rings. The Balaban J connectivity index is 1.49. The zero-order chi connectivity index (χ0) is 25.9. The molecule has 0 atom stereocenters. The van der Waals surface area contributed by atoms with Crippen molar-refractivity contribution in [1.82, 2.24) is 9.46 Å². The molecular formula is C35H20BN3O. The summed E-state index contributed by atoms with van der Waals surface area (Å²) in [4.78, 5) is 7.51. The molecule has 0 spiro atoms. The minimum Gasteiger partial charge on any atom is -0.456 e. The molecule has 3 aromatic heterocycles. The highest BCUT2D eigenvalue weighted by atomic mass is 16.3. The molecule has 0 radical (unpaired) electrons. The second-order valence-corrected chi connectivity index (χ2v) is 10.7. The van der Waals surface area contributed by atoms with Crippen LogP contribution in [0, 0.1) is 0 Å². The van der Waals surface area contributed by atoms with Crippen LogP contribution in [0.1, 0.15) is 0 Å². The molecule has 4 nitrogen and oxygen atoms in total. The molecule has 5 heteroatoms. The number of furan rings is 1. The fourth-order valence-electron chi connectivity index (χ4n) is 7.33. The van der Waals surface area contributed by atoms with Crippen LogP contribution >= 0.6 is 0 Å². The third-order valence-electron chi connectivity index (χ3n) is 8.80. The highest BCUT2D eigenvalue weighted by molar-refractivity contribution is 6.90. The van der Waals surface area contributed by atoms with Crippen molar-refractivity contribution in [2.24, 2.45) is 0 Å². The van der Waals surface area contributed by atoms with Gasteiger partial charge >= 0.3 is 6.85 Å². The van der Waals surface area contributed by atoms with E-state index in [-0.39, 0.29) is 6.85 Å². The molecule has 0 saturated carbocycles. The number of pyridine rings is 1. The number of fused-ring (bicyclic) bond motifs is 11. The van der Waals surface area contributed by atoms with Gasteiger partial charge in [-0.15, -0.1) is 0 Å². The van der Waals surface area contributed by atoms with Crippen molar-refractivity contribution in [3.63, 3.8) is 0 Å². The van der Waals surface area contributed by atoms with Gasteiger partial charge in [0, 0.05) is 62.0 Å². The zero-order valence-corrected chi connectivity index (χ0v) is 21.4. The molecule has 40 heavy (non-hydrogen) atoms. The van der Waals surface area contributed by atoms with Crippen LogP contribution in [0.3, 0.4) is 0 Å². The predicted molar refractivity (Wildman–Crippen MR) is 165 cm³/mol. The Labute approximate surface area is 229 Å². The Kier molecular flexibility index (Phi) is 3.73. The van der Waals surface area contributed by atoms with Crippen LogP contribution in [0.2, 0.25) is 0 Å². The largest absolute Gasteiger partial charge is 0.456 e. The minimum atomic E-state index is -0.00155. The summed E-state index contributed by atoms with van der Waals surface area (Å²) in [6.07, 6.45) is 1.97. The van der Waals surface area contributed by atoms with Crippen molar-refractivity contribution < 1.29 is 4.42 Å². The average molecular weight is 509 g/mol. The number of nitrogens with zero attached hydrogens (tertiary/aromatic N) is 3. The predicted octanol–water partition coefficient (Wildman–Crippen LogP) is 7.51. The second kappa shape index (κ2) is 7.22. The molecule has 0 aliphatic carbocycles. The fraction of sp³-hybridized carbons (Fsp3) is 0. The van der Waals surface area contributed by atoms with Crippen LogP contribution in [0.5, 0.6) is 0 Å². The van der Waals surface area contributed by atoms with Gasteiger partial charge < -0.3 is 13.8 Å². The summed E-state index contributed by atoms with van der Waals surface area (Å²) in [6, 6.07) is 41.1. The molecule has 2 aliphatic heterocycles. The monoisotopic (exact) mass is 509 g/mol. The first-order valence-electron chi connectivity index (χ1n) is 13.7. The van der Waals surface area contributed by atoms with Gasteiger partial charge in [0.05, 0.1) is 11.2 Å². The van der Waals surface area contributed by atoms with Gasteiger partial charge in [0.2, 0.25) is 0 Å². The van der Waals surface area contributed by atoms with Gasteiger partial charge in [0.25, 0.3) is 0 Å². The Hall–Kier alpha value is -5.29. The highest BCUT2D eigenvalue weighted by Gasteiger charge is 2.44. The summed E-state index contributed by atoms with van der Waals surface area (Å²) in [5, 5.41) is 4.76. The average Bonchev–Trinajstić information content (AvgIpc) is 3.55. The van der Waals surface area contributed by atoms with E-state index >= 15 is 0 Å². The van der Waals surface area contributed by atoms with E-state index in [1.165, 1.54) is 44.0 Å². The molecular weight excluding hydrogens is 489 g/mol. The SMILES string of the molecule is c1ccc(N2c3ccccc3B3c4c2cc2oc5ccccc5c2c4-c2nccc4c5ccccc5n3c24)cc1. The molecule has 184 valence electrons. The van der Waals surface area contributed by atoms with E-state index in [2.05, 4.69) is 119 Å². The van der Waals surface area contributed by atoms with Gasteiger partial charge in [0.15, 0.2) is 0 Å². The fourth-order valence-corrected chi connectivity index (χ4v) is 7.33. The van der Waals surface area contributed by atoms with Crippen LogP contribution in [0.4, 0.5) is 17.1 Å². The van der Waals surface area contributed by atoms with Crippen LogP contribution in [0.25, 0.3) is 55.0 Å². The van der Waals surface area contributed by atoms with Crippen molar-refractivity contribution in [3.05, 3.63) is 121 Å². The standard InChI is InChI=1S/C35H20BN3O/c1-2-10-21(11-3-1)38-27-16-8-6-14-25(27)36-33-28(38)20-30-31(24-13-5-9-17-29(24)40-30)32(33)34-35-23(18-19-37-34)22-12-4-7-15-26(22)39(35)36/h1-20H. The smallest absolute Gasteiger partial charge is 0.333 e. The van der Waals surface area contributed by atoms with Crippen LogP contribution in [-0.4, -0.2) is 16.3 Å². The van der Waals surface area contributed by atoms with E-state index in [4.69, 9.17) is 9.40 Å². The molecule has 5 heterocycles. The first-order valence-corrected chi connectivity index (χ1v) is 13.7. The van der Waals surface area contributed by atoms with Gasteiger partial charge in [-0.3, -0.25) is 4.98 Å². The van der Waals surface area contributed by atoms with Crippen LogP contribution < -0.4 is 15.8 Å². The zero-order valence-electron chi connectivity index (χ0n) is 21.4. The van der Waals surface area contributed by atoms with E-state index in [9.17, 15) is 0 Å². The van der Waals surface area contributed by atoms with Gasteiger partial charge in [0.1, 0.15) is 11.2 Å². The number of hydrogen-bond donors (Lipinski definition) is 0. The molecule has 0 bridgehead atoms. The third kappa shape index (κ3) is 2.37. The van der Waals surface area contributed by atoms with Crippen LogP contribution in [-0.2, 0) is 0 Å². The summed E-state index contributed by atoms with van der Waals surface area (Å²) in [7, 11) is 0. The molecule has 0 unspecified atom stereocenters. The lowest BCUT2D eigenvalue weighted by atomic mass is 9.45. The van der Waals surface area contributed by atoms with E-state index in [1.54, 1.807) is 0 Å². The maximum absolute atomic E-state index is 6.57. The van der Waals surface area contributed by atoms with Crippen molar-refractivity contribution in [2.45, 2.75) is 0 Å². The van der Waals surface area contributed by atoms with Gasteiger partial charge in [-0.1, -0.05) is 72.8 Å². The second-order valence-electron chi connectivity index (χ2n) is 10.7. The Morgan fingerprint density at radius 1 is 0.650 bits per heavy atom. The molecule has 0 N–H and O–H groups in total. The lowest BCUT2D eigenvalue weighted by molar-refractivity contribution is 0.669. The summed E-state index contributed by atoms with van der Waals surface area (Å²) in [6.45, 7) is -0.00155. The molecule has 0 saturated heterocycles. The first-order chi connectivity index (χ1) is 19.9. The first kappa shape index (κ1) is 20.6. The maximum Gasteiger partial charge on any atom is 0.333 e. The number of hydrogen-bond acceptors (Lipinski definition) is 3. The van der Waals surface area contributed by atoms with Crippen molar-refractivity contribution in [3.8, 4) is 11.3 Å². The van der Waals surface area contributed by atoms with E-state index < -0.39 is 0 Å². The summed E-state index contributed by atoms with van der Waals surface area (Å²) >= 11 is 0. The van der Waals surface area contributed by atoms with Gasteiger partial charge in [-0.05, 0) is 47.3 Å². The Morgan fingerprint density at radius 3 is 2.35 bits per heavy atom. The quantitative estimate of drug-likeness (QED) is 0.215. The molecule has 8 aromatic rings. The number of rotatable bonds is 1. The van der Waals surface area contributed by atoms with Crippen molar-refractivity contribution in [2.75, 3.05) is 4.90 Å². The van der Waals surface area contributed by atoms with Crippen molar-refractivity contribution in [1.29, 1.82) is 0 Å². The van der Waals surface area contributed by atoms with Crippen LogP contribution in [0.15, 0.2) is 126 Å². The normalized spacial score (nSPS) is 13.4. The molecule has 0 amide bonds. The van der Waals surface area contributed by atoms with E-state index in [1.807, 2.05) is 12.3 Å². The summed E-state index contributed by atoms with van der Waals surface area (Å²) < 4.78 is 9.11. The number of benzene rings is 5. The third-order valence-corrected chi connectivity index (χ3v) is 8.80. The number of para-hydroxylation sites is 4. The molecule has 2 aliphatic rings.